The van der Waals surface area contributed by atoms with Crippen molar-refractivity contribution in [1.29, 1.82) is 0 Å². The predicted molar refractivity (Wildman–Crippen MR) is 71.2 cm³/mol. The highest BCUT2D eigenvalue weighted by Crippen LogP contribution is 2.20. The minimum Gasteiger partial charge on any atom is -0.469 e. The van der Waals surface area contributed by atoms with E-state index in [1.807, 2.05) is 7.05 Å². The molecule has 94 valence electrons. The maximum Gasteiger partial charge on any atom is 0.305 e. The van der Waals surface area contributed by atoms with Crippen molar-refractivity contribution in [3.63, 3.8) is 0 Å². The van der Waals surface area contributed by atoms with Gasteiger partial charge < -0.3 is 10.1 Å². The van der Waals surface area contributed by atoms with E-state index in [9.17, 15) is 4.79 Å². The fraction of sp³-hybridized carbons (Fsp3) is 0.462. The topological polar surface area (TPSA) is 38.3 Å². The van der Waals surface area contributed by atoms with Crippen LogP contribution in [0.15, 0.2) is 29.2 Å². The monoisotopic (exact) mass is 253 g/mol. The normalized spacial score (nSPS) is 10.2. The summed E-state index contributed by atoms with van der Waals surface area (Å²) in [6, 6.07) is 8.45. The van der Waals surface area contributed by atoms with Gasteiger partial charge in [0.15, 0.2) is 0 Å². The van der Waals surface area contributed by atoms with Crippen LogP contribution in [0.5, 0.6) is 0 Å². The van der Waals surface area contributed by atoms with E-state index in [-0.39, 0.29) is 5.97 Å². The first-order chi connectivity index (χ1) is 8.26. The highest BCUT2D eigenvalue weighted by molar-refractivity contribution is 7.99. The molecule has 0 saturated carbocycles. The Morgan fingerprint density at radius 3 is 3.00 bits per heavy atom. The van der Waals surface area contributed by atoms with E-state index >= 15 is 0 Å². The van der Waals surface area contributed by atoms with Gasteiger partial charge in [0.2, 0.25) is 0 Å². The van der Waals surface area contributed by atoms with Crippen LogP contribution in [0, 0.1) is 0 Å². The summed E-state index contributed by atoms with van der Waals surface area (Å²) >= 11 is 1.78. The quantitative estimate of drug-likeness (QED) is 0.460. The van der Waals surface area contributed by atoms with Gasteiger partial charge in [-0.1, -0.05) is 12.1 Å². The summed E-state index contributed by atoms with van der Waals surface area (Å²) in [4.78, 5) is 12.2. The number of thioether (sulfide) groups is 1. The zero-order valence-corrected chi connectivity index (χ0v) is 11.2. The number of ether oxygens (including phenoxy) is 1. The van der Waals surface area contributed by atoms with Crippen LogP contribution in [-0.2, 0) is 16.1 Å². The summed E-state index contributed by atoms with van der Waals surface area (Å²) in [7, 11) is 3.37. The molecule has 0 bridgehead atoms. The van der Waals surface area contributed by atoms with Gasteiger partial charge in [-0.3, -0.25) is 4.79 Å². The highest BCUT2D eigenvalue weighted by atomic mass is 32.2. The van der Waals surface area contributed by atoms with Crippen molar-refractivity contribution in [1.82, 2.24) is 5.32 Å². The van der Waals surface area contributed by atoms with Gasteiger partial charge in [-0.05, 0) is 36.9 Å². The molecule has 0 aliphatic carbocycles. The maximum atomic E-state index is 10.9. The number of hydrogen-bond donors (Lipinski definition) is 1. The molecule has 0 spiro atoms. The summed E-state index contributed by atoms with van der Waals surface area (Å²) in [6.45, 7) is 0.885. The second kappa shape index (κ2) is 8.14. The summed E-state index contributed by atoms with van der Waals surface area (Å²) in [5, 5.41) is 3.13. The second-order valence-corrected chi connectivity index (χ2v) is 4.87. The van der Waals surface area contributed by atoms with Crippen LogP contribution in [0.25, 0.3) is 0 Å². The first kappa shape index (κ1) is 14.1. The number of carbonyl (C=O) groups excluding carboxylic acids is 1. The molecule has 1 N–H and O–H groups in total. The molecule has 3 nitrogen and oxygen atoms in total. The van der Waals surface area contributed by atoms with Crippen molar-refractivity contribution in [2.24, 2.45) is 0 Å². The van der Waals surface area contributed by atoms with Crippen LogP contribution in [0.1, 0.15) is 18.4 Å². The lowest BCUT2D eigenvalue weighted by Gasteiger charge is -2.04. The summed E-state index contributed by atoms with van der Waals surface area (Å²) < 4.78 is 4.60. The van der Waals surface area contributed by atoms with E-state index < -0.39 is 0 Å². The SMILES string of the molecule is CNCc1cccc(SCCCC(=O)OC)c1. The lowest BCUT2D eigenvalue weighted by Crippen LogP contribution is -2.04. The van der Waals surface area contributed by atoms with Gasteiger partial charge in [0.25, 0.3) is 0 Å². The van der Waals surface area contributed by atoms with E-state index in [0.29, 0.717) is 6.42 Å². The van der Waals surface area contributed by atoms with E-state index in [0.717, 1.165) is 18.7 Å². The Labute approximate surface area is 107 Å². The molecule has 1 rings (SSSR count). The third-order valence-corrected chi connectivity index (χ3v) is 3.38. The molecule has 0 amide bonds. The highest BCUT2D eigenvalue weighted by Gasteiger charge is 2.01. The Balaban J connectivity index is 2.31. The maximum absolute atomic E-state index is 10.9. The third kappa shape index (κ3) is 5.75. The molecule has 0 fully saturated rings. The Morgan fingerprint density at radius 2 is 2.29 bits per heavy atom. The van der Waals surface area contributed by atoms with Crippen molar-refractivity contribution in [2.45, 2.75) is 24.3 Å². The molecule has 0 aliphatic rings. The van der Waals surface area contributed by atoms with Crippen molar-refractivity contribution in [2.75, 3.05) is 19.9 Å². The van der Waals surface area contributed by atoms with Gasteiger partial charge in [0.05, 0.1) is 7.11 Å². The Kier molecular flexibility index (Phi) is 6.74. The number of hydrogen-bond acceptors (Lipinski definition) is 4. The van der Waals surface area contributed by atoms with E-state index in [1.165, 1.54) is 17.6 Å². The molecule has 0 unspecified atom stereocenters. The van der Waals surface area contributed by atoms with Gasteiger partial charge in [-0.2, -0.15) is 0 Å². The molecule has 0 radical (unpaired) electrons. The minimum atomic E-state index is -0.130. The average molecular weight is 253 g/mol. The molecule has 1 aromatic carbocycles. The second-order valence-electron chi connectivity index (χ2n) is 3.71. The smallest absolute Gasteiger partial charge is 0.305 e. The lowest BCUT2D eigenvalue weighted by molar-refractivity contribution is -0.140. The van der Waals surface area contributed by atoms with Gasteiger partial charge in [-0.25, -0.2) is 0 Å². The van der Waals surface area contributed by atoms with Crippen LogP contribution in [0.3, 0.4) is 0 Å². The number of nitrogens with one attached hydrogen (secondary N) is 1. The van der Waals surface area contributed by atoms with E-state index in [1.54, 1.807) is 11.8 Å². The lowest BCUT2D eigenvalue weighted by atomic mass is 10.2. The zero-order valence-electron chi connectivity index (χ0n) is 10.4. The predicted octanol–water partition coefficient (Wildman–Crippen LogP) is 2.45. The van der Waals surface area contributed by atoms with Crippen LogP contribution >= 0.6 is 11.8 Å². The minimum absolute atomic E-state index is 0.130. The number of esters is 1. The molecule has 0 heterocycles. The Bertz CT molecular complexity index is 355. The number of carbonyl (C=O) groups is 1. The molecule has 4 heteroatoms. The van der Waals surface area contributed by atoms with Crippen molar-refractivity contribution >= 4 is 17.7 Å². The Hall–Kier alpha value is -1.00. The van der Waals surface area contributed by atoms with Crippen molar-refractivity contribution < 1.29 is 9.53 Å². The van der Waals surface area contributed by atoms with Gasteiger partial charge >= 0.3 is 5.97 Å². The van der Waals surface area contributed by atoms with Crippen LogP contribution in [0.4, 0.5) is 0 Å². The first-order valence-corrected chi connectivity index (χ1v) is 6.68. The van der Waals surface area contributed by atoms with Crippen LogP contribution in [-0.4, -0.2) is 25.9 Å². The average Bonchev–Trinajstić information content (AvgIpc) is 2.35. The fourth-order valence-electron chi connectivity index (χ4n) is 1.46. The number of methoxy groups -OCH3 is 1. The Morgan fingerprint density at radius 1 is 1.47 bits per heavy atom. The molecular formula is C13H19NO2S. The molecular weight excluding hydrogens is 234 g/mol. The van der Waals surface area contributed by atoms with E-state index in [2.05, 4.69) is 34.3 Å². The fourth-order valence-corrected chi connectivity index (χ4v) is 2.39. The number of rotatable bonds is 7. The standard InChI is InChI=1S/C13H19NO2S/c1-14-10-11-5-3-6-12(9-11)17-8-4-7-13(15)16-2/h3,5-6,9,14H,4,7-8,10H2,1-2H3. The summed E-state index contributed by atoms with van der Waals surface area (Å²) in [5.41, 5.74) is 1.28. The summed E-state index contributed by atoms with van der Waals surface area (Å²) in [6.07, 6.45) is 1.35. The summed E-state index contributed by atoms with van der Waals surface area (Å²) in [5.74, 6) is 0.813. The van der Waals surface area contributed by atoms with Gasteiger partial charge in [0, 0.05) is 17.9 Å². The van der Waals surface area contributed by atoms with Crippen molar-refractivity contribution in [3.8, 4) is 0 Å². The van der Waals surface area contributed by atoms with Crippen molar-refractivity contribution in [3.05, 3.63) is 29.8 Å². The molecule has 0 aromatic heterocycles. The molecule has 0 atom stereocenters. The van der Waals surface area contributed by atoms with Gasteiger partial charge in [-0.15, -0.1) is 11.8 Å². The first-order valence-electron chi connectivity index (χ1n) is 5.69. The molecule has 0 saturated heterocycles. The molecule has 17 heavy (non-hydrogen) atoms. The molecule has 1 aromatic rings. The molecule has 0 aliphatic heterocycles. The third-order valence-electron chi connectivity index (χ3n) is 2.30. The van der Waals surface area contributed by atoms with Crippen LogP contribution < -0.4 is 5.32 Å². The largest absolute Gasteiger partial charge is 0.469 e. The van der Waals surface area contributed by atoms with Crippen LogP contribution in [0.2, 0.25) is 0 Å². The van der Waals surface area contributed by atoms with Gasteiger partial charge in [0.1, 0.15) is 0 Å². The van der Waals surface area contributed by atoms with E-state index in [4.69, 9.17) is 0 Å². The zero-order chi connectivity index (χ0) is 12.5. The number of benzene rings is 1.